The SMILES string of the molecule is CN1Cc2c(ccc(-c3cncnc3)c2O)C(c2ccc3ccoc3c2)C1. The molecule has 0 bridgehead atoms. The standard InChI is InChI=1S/C22H19N3O2/c1-25-11-19(15-3-2-14-6-7-27-21(14)8-15)18-5-4-17(22(26)20(18)12-25)16-9-23-13-24-10-16/h2-10,13,19,26H,11-12H2,1H3. The Morgan fingerprint density at radius 3 is 2.81 bits per heavy atom. The number of aromatic hydroxyl groups is 1. The van der Waals surface area contributed by atoms with Crippen LogP contribution in [0.5, 0.6) is 5.75 Å². The Morgan fingerprint density at radius 2 is 1.96 bits per heavy atom. The van der Waals surface area contributed by atoms with Gasteiger partial charge in [0.15, 0.2) is 0 Å². The van der Waals surface area contributed by atoms with Crippen LogP contribution in [-0.4, -0.2) is 33.6 Å². The lowest BCUT2D eigenvalue weighted by Gasteiger charge is -2.33. The number of phenols is 1. The third kappa shape index (κ3) is 2.67. The fourth-order valence-corrected chi connectivity index (χ4v) is 4.03. The second-order valence-corrected chi connectivity index (χ2v) is 7.12. The first-order valence-corrected chi connectivity index (χ1v) is 8.96. The van der Waals surface area contributed by atoms with E-state index in [1.807, 2.05) is 12.1 Å². The van der Waals surface area contributed by atoms with E-state index < -0.39 is 0 Å². The minimum absolute atomic E-state index is 0.181. The Labute approximate surface area is 156 Å². The molecular formula is C22H19N3O2. The monoisotopic (exact) mass is 357 g/mol. The first kappa shape index (κ1) is 16.0. The van der Waals surface area contributed by atoms with Gasteiger partial charge in [0.25, 0.3) is 0 Å². The minimum Gasteiger partial charge on any atom is -0.507 e. The van der Waals surface area contributed by atoms with Crippen molar-refractivity contribution in [3.05, 3.63) is 78.1 Å². The molecule has 0 saturated carbocycles. The molecule has 4 aromatic rings. The molecule has 5 rings (SSSR count). The van der Waals surface area contributed by atoms with Crippen molar-refractivity contribution in [2.45, 2.75) is 12.5 Å². The van der Waals surface area contributed by atoms with Gasteiger partial charge < -0.3 is 14.4 Å². The summed E-state index contributed by atoms with van der Waals surface area (Å²) < 4.78 is 5.59. The average molecular weight is 357 g/mol. The van der Waals surface area contributed by atoms with Crippen molar-refractivity contribution >= 4 is 11.0 Å². The van der Waals surface area contributed by atoms with Crippen LogP contribution in [0.25, 0.3) is 22.1 Å². The van der Waals surface area contributed by atoms with E-state index >= 15 is 0 Å². The Kier molecular flexibility index (Phi) is 3.69. The lowest BCUT2D eigenvalue weighted by molar-refractivity contribution is 0.288. The molecule has 0 amide bonds. The number of hydrogen-bond acceptors (Lipinski definition) is 5. The molecule has 2 aromatic carbocycles. The molecular weight excluding hydrogens is 338 g/mol. The smallest absolute Gasteiger partial charge is 0.134 e. The Bertz CT molecular complexity index is 1120. The summed E-state index contributed by atoms with van der Waals surface area (Å²) in [5, 5.41) is 12.1. The van der Waals surface area contributed by atoms with E-state index in [0.29, 0.717) is 12.3 Å². The van der Waals surface area contributed by atoms with Crippen molar-refractivity contribution in [2.75, 3.05) is 13.6 Å². The fraction of sp³-hybridized carbons (Fsp3) is 0.182. The fourth-order valence-electron chi connectivity index (χ4n) is 4.03. The van der Waals surface area contributed by atoms with Gasteiger partial charge in [-0.2, -0.15) is 0 Å². The quantitative estimate of drug-likeness (QED) is 0.583. The van der Waals surface area contributed by atoms with E-state index in [-0.39, 0.29) is 5.92 Å². The molecule has 27 heavy (non-hydrogen) atoms. The van der Waals surface area contributed by atoms with E-state index in [1.165, 1.54) is 11.9 Å². The largest absolute Gasteiger partial charge is 0.507 e. The average Bonchev–Trinajstić information content (AvgIpc) is 3.17. The van der Waals surface area contributed by atoms with Crippen molar-refractivity contribution < 1.29 is 9.52 Å². The molecule has 0 aliphatic carbocycles. The zero-order chi connectivity index (χ0) is 18.4. The first-order valence-electron chi connectivity index (χ1n) is 8.96. The highest BCUT2D eigenvalue weighted by Gasteiger charge is 2.28. The molecule has 1 aliphatic heterocycles. The van der Waals surface area contributed by atoms with Crippen molar-refractivity contribution in [3.8, 4) is 16.9 Å². The number of nitrogens with zero attached hydrogens (tertiary/aromatic N) is 3. The minimum atomic E-state index is 0.181. The number of aromatic nitrogens is 2. The van der Waals surface area contributed by atoms with Crippen LogP contribution in [-0.2, 0) is 6.54 Å². The highest BCUT2D eigenvalue weighted by Crippen LogP contribution is 2.42. The predicted octanol–water partition coefficient (Wildman–Crippen LogP) is 4.17. The summed E-state index contributed by atoms with van der Waals surface area (Å²) in [5.74, 6) is 0.498. The summed E-state index contributed by atoms with van der Waals surface area (Å²) >= 11 is 0. The predicted molar refractivity (Wildman–Crippen MR) is 104 cm³/mol. The maximum atomic E-state index is 11.0. The van der Waals surface area contributed by atoms with Crippen molar-refractivity contribution in [2.24, 2.45) is 0 Å². The van der Waals surface area contributed by atoms with Gasteiger partial charge in [0, 0.05) is 53.5 Å². The van der Waals surface area contributed by atoms with E-state index in [4.69, 9.17) is 4.42 Å². The molecule has 0 spiro atoms. The zero-order valence-corrected chi connectivity index (χ0v) is 15.0. The molecule has 5 nitrogen and oxygen atoms in total. The first-order chi connectivity index (χ1) is 13.2. The summed E-state index contributed by atoms with van der Waals surface area (Å²) in [6.07, 6.45) is 6.66. The number of fused-ring (bicyclic) bond motifs is 2. The second-order valence-electron chi connectivity index (χ2n) is 7.12. The molecule has 134 valence electrons. The van der Waals surface area contributed by atoms with E-state index in [1.54, 1.807) is 18.7 Å². The lowest BCUT2D eigenvalue weighted by atomic mass is 9.83. The molecule has 0 fully saturated rings. The molecule has 1 unspecified atom stereocenters. The molecule has 1 aliphatic rings. The lowest BCUT2D eigenvalue weighted by Crippen LogP contribution is -2.31. The number of likely N-dealkylation sites (N-methyl/N-ethyl adjacent to an activating group) is 1. The van der Waals surface area contributed by atoms with Gasteiger partial charge in [0.05, 0.1) is 6.26 Å². The van der Waals surface area contributed by atoms with Crippen LogP contribution < -0.4 is 0 Å². The van der Waals surface area contributed by atoms with Gasteiger partial charge in [0.1, 0.15) is 17.7 Å². The molecule has 5 heteroatoms. The van der Waals surface area contributed by atoms with Gasteiger partial charge in [-0.15, -0.1) is 0 Å². The summed E-state index contributed by atoms with van der Waals surface area (Å²) in [5.41, 5.74) is 5.81. The Morgan fingerprint density at radius 1 is 1.11 bits per heavy atom. The number of rotatable bonds is 2. The Balaban J connectivity index is 1.64. The molecule has 3 heterocycles. The van der Waals surface area contributed by atoms with Gasteiger partial charge in [-0.3, -0.25) is 0 Å². The van der Waals surface area contributed by atoms with Crippen LogP contribution in [0.2, 0.25) is 0 Å². The van der Waals surface area contributed by atoms with Crippen LogP contribution in [0.4, 0.5) is 0 Å². The highest BCUT2D eigenvalue weighted by molar-refractivity contribution is 5.78. The third-order valence-electron chi connectivity index (χ3n) is 5.37. The van der Waals surface area contributed by atoms with Crippen LogP contribution in [0.1, 0.15) is 22.6 Å². The second kappa shape index (κ2) is 6.21. The molecule has 1 N–H and O–H groups in total. The number of hydrogen-bond donors (Lipinski definition) is 1. The summed E-state index contributed by atoms with van der Waals surface area (Å²) in [6.45, 7) is 1.61. The number of phenolic OH excluding ortho intramolecular Hbond substituents is 1. The van der Waals surface area contributed by atoms with Gasteiger partial charge in [-0.1, -0.05) is 24.3 Å². The molecule has 2 aromatic heterocycles. The zero-order valence-electron chi connectivity index (χ0n) is 15.0. The summed E-state index contributed by atoms with van der Waals surface area (Å²) in [4.78, 5) is 10.4. The topological polar surface area (TPSA) is 62.4 Å². The normalized spacial score (nSPS) is 17.1. The third-order valence-corrected chi connectivity index (χ3v) is 5.37. The van der Waals surface area contributed by atoms with E-state index in [2.05, 4.69) is 46.2 Å². The van der Waals surface area contributed by atoms with Crippen LogP contribution in [0.3, 0.4) is 0 Å². The van der Waals surface area contributed by atoms with Crippen LogP contribution in [0.15, 0.2) is 65.8 Å². The van der Waals surface area contributed by atoms with Crippen molar-refractivity contribution in [3.63, 3.8) is 0 Å². The molecule has 0 saturated heterocycles. The maximum absolute atomic E-state index is 11.0. The van der Waals surface area contributed by atoms with Gasteiger partial charge in [-0.05, 0) is 30.3 Å². The Hall–Kier alpha value is -3.18. The van der Waals surface area contributed by atoms with Crippen molar-refractivity contribution in [1.29, 1.82) is 0 Å². The number of benzene rings is 2. The van der Waals surface area contributed by atoms with Crippen LogP contribution in [0, 0.1) is 0 Å². The molecule has 1 atom stereocenters. The highest BCUT2D eigenvalue weighted by atomic mass is 16.3. The van der Waals surface area contributed by atoms with Gasteiger partial charge >= 0.3 is 0 Å². The van der Waals surface area contributed by atoms with Gasteiger partial charge in [0.2, 0.25) is 0 Å². The summed E-state index contributed by atoms with van der Waals surface area (Å²) in [7, 11) is 2.08. The van der Waals surface area contributed by atoms with E-state index in [0.717, 1.165) is 39.8 Å². The van der Waals surface area contributed by atoms with Gasteiger partial charge in [-0.25, -0.2) is 9.97 Å². The number of furan rings is 1. The molecule has 0 radical (unpaired) electrons. The maximum Gasteiger partial charge on any atom is 0.134 e. The van der Waals surface area contributed by atoms with Crippen molar-refractivity contribution in [1.82, 2.24) is 14.9 Å². The van der Waals surface area contributed by atoms with Crippen LogP contribution >= 0.6 is 0 Å². The van der Waals surface area contributed by atoms with E-state index in [9.17, 15) is 5.11 Å². The summed E-state index contributed by atoms with van der Waals surface area (Å²) in [6, 6.07) is 12.4.